The van der Waals surface area contributed by atoms with Crippen LogP contribution in [0.15, 0.2) is 12.1 Å². The minimum absolute atomic E-state index is 0.0602. The van der Waals surface area contributed by atoms with Crippen LogP contribution in [0.3, 0.4) is 0 Å². The Labute approximate surface area is 110 Å². The van der Waals surface area contributed by atoms with Crippen LogP contribution < -0.4 is 10.5 Å². The zero-order valence-electron chi connectivity index (χ0n) is 10.8. The summed E-state index contributed by atoms with van der Waals surface area (Å²) >= 11 is 0. The summed E-state index contributed by atoms with van der Waals surface area (Å²) in [7, 11) is 0. The van der Waals surface area contributed by atoms with Crippen molar-refractivity contribution < 1.29 is 24.5 Å². The minimum Gasteiger partial charge on any atom is -0.504 e. The molecule has 1 atom stereocenters. The van der Waals surface area contributed by atoms with Crippen molar-refractivity contribution >= 4 is 11.9 Å². The third-order valence-corrected chi connectivity index (χ3v) is 2.51. The molecule has 0 amide bonds. The van der Waals surface area contributed by atoms with Crippen LogP contribution in [0, 0.1) is 6.92 Å². The first-order valence-electron chi connectivity index (χ1n) is 5.78. The van der Waals surface area contributed by atoms with Crippen molar-refractivity contribution in [3.05, 3.63) is 23.3 Å². The second-order valence-corrected chi connectivity index (χ2v) is 4.42. The van der Waals surface area contributed by atoms with Gasteiger partial charge in [-0.15, -0.1) is 0 Å². The molecular formula is C13H17NO5. The molecule has 0 aliphatic rings. The molecule has 1 unspecified atom stereocenters. The first-order valence-corrected chi connectivity index (χ1v) is 5.78. The predicted molar refractivity (Wildman–Crippen MR) is 68.1 cm³/mol. The van der Waals surface area contributed by atoms with E-state index >= 15 is 0 Å². The van der Waals surface area contributed by atoms with E-state index in [1.165, 1.54) is 13.0 Å². The van der Waals surface area contributed by atoms with E-state index in [2.05, 4.69) is 0 Å². The van der Waals surface area contributed by atoms with Crippen molar-refractivity contribution in [3.8, 4) is 11.5 Å². The maximum Gasteiger partial charge on any atom is 0.308 e. The quantitative estimate of drug-likeness (QED) is 0.541. The second-order valence-electron chi connectivity index (χ2n) is 4.42. The molecule has 0 saturated heterocycles. The minimum atomic E-state index is -0.969. The summed E-state index contributed by atoms with van der Waals surface area (Å²) in [5.41, 5.74) is 6.94. The lowest BCUT2D eigenvalue weighted by Gasteiger charge is -2.13. The number of carboxylic acids is 1. The molecule has 4 N–H and O–H groups in total. The SMILES string of the molecule is CC(=O)Oc1cc(CC(N)CC(=O)O)cc(C)c1O. The Balaban J connectivity index is 2.93. The van der Waals surface area contributed by atoms with Crippen LogP contribution in [0.1, 0.15) is 24.5 Å². The number of nitrogens with two attached hydrogens (primary N) is 1. The van der Waals surface area contributed by atoms with Crippen molar-refractivity contribution in [3.63, 3.8) is 0 Å². The number of aliphatic carboxylic acids is 1. The number of rotatable bonds is 5. The Morgan fingerprint density at radius 3 is 2.58 bits per heavy atom. The molecule has 0 fully saturated rings. The Morgan fingerprint density at radius 2 is 2.05 bits per heavy atom. The Morgan fingerprint density at radius 1 is 1.42 bits per heavy atom. The van der Waals surface area contributed by atoms with Crippen LogP contribution >= 0.6 is 0 Å². The van der Waals surface area contributed by atoms with Crippen molar-refractivity contribution in [2.75, 3.05) is 0 Å². The fourth-order valence-corrected chi connectivity index (χ4v) is 1.77. The van der Waals surface area contributed by atoms with E-state index in [0.29, 0.717) is 17.5 Å². The standard InChI is InChI=1S/C13H17NO5/c1-7-3-9(4-10(14)6-12(16)17)5-11(13(7)18)19-8(2)15/h3,5,10,18H,4,6,14H2,1-2H3,(H,16,17). The van der Waals surface area contributed by atoms with E-state index in [4.69, 9.17) is 15.6 Å². The highest BCUT2D eigenvalue weighted by molar-refractivity contribution is 5.71. The molecule has 0 radical (unpaired) electrons. The maximum absolute atomic E-state index is 10.9. The van der Waals surface area contributed by atoms with Gasteiger partial charge in [0, 0.05) is 13.0 Å². The highest BCUT2D eigenvalue weighted by Crippen LogP contribution is 2.31. The molecule has 0 aliphatic heterocycles. The molecule has 0 aliphatic carbocycles. The fraction of sp³-hybridized carbons (Fsp3) is 0.385. The summed E-state index contributed by atoms with van der Waals surface area (Å²) < 4.78 is 4.88. The van der Waals surface area contributed by atoms with E-state index < -0.39 is 18.0 Å². The highest BCUT2D eigenvalue weighted by atomic mass is 16.5. The molecule has 1 rings (SSSR count). The molecule has 6 nitrogen and oxygen atoms in total. The van der Waals surface area contributed by atoms with Crippen LogP contribution in [0.25, 0.3) is 0 Å². The smallest absolute Gasteiger partial charge is 0.308 e. The molecule has 0 heterocycles. The molecule has 0 bridgehead atoms. The number of hydrogen-bond acceptors (Lipinski definition) is 5. The fourth-order valence-electron chi connectivity index (χ4n) is 1.77. The van der Waals surface area contributed by atoms with E-state index in [0.717, 1.165) is 0 Å². The zero-order chi connectivity index (χ0) is 14.6. The van der Waals surface area contributed by atoms with Crippen molar-refractivity contribution in [2.24, 2.45) is 5.73 Å². The Hall–Kier alpha value is -2.08. The maximum atomic E-state index is 10.9. The van der Waals surface area contributed by atoms with Gasteiger partial charge in [-0.3, -0.25) is 9.59 Å². The van der Waals surface area contributed by atoms with Crippen molar-refractivity contribution in [2.45, 2.75) is 32.7 Å². The number of hydrogen-bond donors (Lipinski definition) is 3. The van der Waals surface area contributed by atoms with Gasteiger partial charge in [0.15, 0.2) is 11.5 Å². The lowest BCUT2D eigenvalue weighted by Crippen LogP contribution is -2.26. The van der Waals surface area contributed by atoms with Gasteiger partial charge in [0.05, 0.1) is 6.42 Å². The molecule has 0 aromatic heterocycles. The number of carbonyl (C=O) groups excluding carboxylic acids is 1. The number of aryl methyl sites for hydroxylation is 1. The molecule has 0 saturated carbocycles. The van der Waals surface area contributed by atoms with Gasteiger partial charge in [0.25, 0.3) is 0 Å². The van der Waals surface area contributed by atoms with Gasteiger partial charge in [0.1, 0.15) is 0 Å². The number of carboxylic acid groups (broad SMARTS) is 1. The number of carbonyl (C=O) groups is 2. The van der Waals surface area contributed by atoms with Crippen molar-refractivity contribution in [1.82, 2.24) is 0 Å². The van der Waals surface area contributed by atoms with Crippen molar-refractivity contribution in [1.29, 1.82) is 0 Å². The summed E-state index contributed by atoms with van der Waals surface area (Å²) in [5, 5.41) is 18.4. The van der Waals surface area contributed by atoms with Crippen LogP contribution in [-0.2, 0) is 16.0 Å². The average Bonchev–Trinajstić information content (AvgIpc) is 2.23. The summed E-state index contributed by atoms with van der Waals surface area (Å²) in [5.74, 6) is -1.55. The lowest BCUT2D eigenvalue weighted by molar-refractivity contribution is -0.137. The summed E-state index contributed by atoms with van der Waals surface area (Å²) in [6.07, 6.45) is 0.171. The first kappa shape index (κ1) is 15.0. The van der Waals surface area contributed by atoms with E-state index in [1.807, 2.05) is 0 Å². The number of esters is 1. The van der Waals surface area contributed by atoms with E-state index in [1.54, 1.807) is 13.0 Å². The lowest BCUT2D eigenvalue weighted by atomic mass is 10.0. The van der Waals surface area contributed by atoms with Gasteiger partial charge in [-0.25, -0.2) is 0 Å². The Kier molecular flexibility index (Phi) is 4.88. The van der Waals surface area contributed by atoms with Gasteiger partial charge in [-0.1, -0.05) is 6.07 Å². The molecule has 1 aromatic carbocycles. The number of benzene rings is 1. The van der Waals surface area contributed by atoms with Gasteiger partial charge in [-0.2, -0.15) is 0 Å². The van der Waals surface area contributed by atoms with Crippen LogP contribution in [0.2, 0.25) is 0 Å². The van der Waals surface area contributed by atoms with Crippen LogP contribution in [-0.4, -0.2) is 28.2 Å². The molecule has 6 heteroatoms. The average molecular weight is 267 g/mol. The molecular weight excluding hydrogens is 250 g/mol. The van der Waals surface area contributed by atoms with Crippen LogP contribution in [0.4, 0.5) is 0 Å². The zero-order valence-corrected chi connectivity index (χ0v) is 10.8. The number of phenols is 1. The summed E-state index contributed by atoms with van der Waals surface area (Å²) in [6.45, 7) is 2.89. The Bertz CT molecular complexity index is 498. The molecule has 104 valence electrons. The molecule has 1 aromatic rings. The monoisotopic (exact) mass is 267 g/mol. The third kappa shape index (κ3) is 4.59. The molecule has 19 heavy (non-hydrogen) atoms. The highest BCUT2D eigenvalue weighted by Gasteiger charge is 2.14. The van der Waals surface area contributed by atoms with E-state index in [-0.39, 0.29) is 17.9 Å². The summed E-state index contributed by atoms with van der Waals surface area (Å²) in [4.78, 5) is 21.5. The number of ether oxygens (including phenoxy) is 1. The molecule has 0 spiro atoms. The third-order valence-electron chi connectivity index (χ3n) is 2.51. The number of phenolic OH excluding ortho intramolecular Hbond substituents is 1. The van der Waals surface area contributed by atoms with Gasteiger partial charge < -0.3 is 20.7 Å². The predicted octanol–water partition coefficient (Wildman–Crippen LogP) is 0.970. The largest absolute Gasteiger partial charge is 0.504 e. The van der Waals surface area contributed by atoms with Gasteiger partial charge >= 0.3 is 11.9 Å². The first-order chi connectivity index (χ1) is 8.79. The normalized spacial score (nSPS) is 11.9. The van der Waals surface area contributed by atoms with Gasteiger partial charge in [-0.05, 0) is 30.5 Å². The van der Waals surface area contributed by atoms with Crippen LogP contribution in [0.5, 0.6) is 11.5 Å². The summed E-state index contributed by atoms with van der Waals surface area (Å²) in [6, 6.07) is 2.64. The van der Waals surface area contributed by atoms with E-state index in [9.17, 15) is 14.7 Å². The topological polar surface area (TPSA) is 110 Å². The second kappa shape index (κ2) is 6.19. The number of aromatic hydroxyl groups is 1. The van der Waals surface area contributed by atoms with Gasteiger partial charge in [0.2, 0.25) is 0 Å².